The second-order valence-electron chi connectivity index (χ2n) is 6.54. The van der Waals surface area contributed by atoms with E-state index in [9.17, 15) is 13.0 Å². The van der Waals surface area contributed by atoms with Crippen LogP contribution in [0, 0.1) is 0 Å². The summed E-state index contributed by atoms with van der Waals surface area (Å²) >= 11 is 0. The molecule has 1 aromatic carbocycles. The minimum atomic E-state index is -4.27. The van der Waals surface area contributed by atoms with E-state index in [2.05, 4.69) is 32.2 Å². The standard InChI is InChI=1S/C22H32O3S/c1-4-7-8-9-10-11-12-13-14-15-16-21-20(6-3)17-19(5-2)18-22(21)26(23,24)25/h5-6,12-13,17-18H,2-4,7-11,14-16H2,1H3,(H,23,24,25). The SMILES string of the molecule is C=Cc1cc(C=C)c(CCCC=CCCCCCCC)c(S(=O)(=O)O)c1. The Morgan fingerprint density at radius 2 is 1.62 bits per heavy atom. The molecule has 0 saturated carbocycles. The van der Waals surface area contributed by atoms with Crippen LogP contribution < -0.4 is 0 Å². The highest BCUT2D eigenvalue weighted by atomic mass is 32.2. The van der Waals surface area contributed by atoms with Crippen molar-refractivity contribution in [3.05, 3.63) is 54.1 Å². The summed E-state index contributed by atoms with van der Waals surface area (Å²) in [7, 11) is -4.27. The van der Waals surface area contributed by atoms with Gasteiger partial charge in [-0.1, -0.05) is 70.1 Å². The molecule has 0 radical (unpaired) electrons. The Labute approximate surface area is 159 Å². The summed E-state index contributed by atoms with van der Waals surface area (Å²) in [5.74, 6) is 0. The number of rotatable bonds is 13. The predicted octanol–water partition coefficient (Wildman–Crippen LogP) is 6.46. The molecule has 1 N–H and O–H groups in total. The van der Waals surface area contributed by atoms with Gasteiger partial charge in [-0.15, -0.1) is 0 Å². The normalized spacial score (nSPS) is 11.8. The maximum atomic E-state index is 11.7. The van der Waals surface area contributed by atoms with Crippen LogP contribution in [0.25, 0.3) is 12.2 Å². The average Bonchev–Trinajstić information content (AvgIpc) is 2.62. The Morgan fingerprint density at radius 1 is 0.962 bits per heavy atom. The van der Waals surface area contributed by atoms with E-state index in [1.807, 2.05) is 6.07 Å². The van der Waals surface area contributed by atoms with Crippen LogP contribution in [-0.2, 0) is 16.5 Å². The van der Waals surface area contributed by atoms with Crippen LogP contribution in [0.4, 0.5) is 0 Å². The molecule has 0 unspecified atom stereocenters. The van der Waals surface area contributed by atoms with E-state index < -0.39 is 10.1 Å². The molecule has 0 bridgehead atoms. The summed E-state index contributed by atoms with van der Waals surface area (Å²) in [5.41, 5.74) is 2.01. The van der Waals surface area contributed by atoms with Crippen molar-refractivity contribution in [1.29, 1.82) is 0 Å². The van der Waals surface area contributed by atoms with Crippen molar-refractivity contribution >= 4 is 22.3 Å². The summed E-state index contributed by atoms with van der Waals surface area (Å²) in [4.78, 5) is -0.0373. The van der Waals surface area contributed by atoms with Gasteiger partial charge in [-0.2, -0.15) is 8.42 Å². The smallest absolute Gasteiger partial charge is 0.282 e. The summed E-state index contributed by atoms with van der Waals surface area (Å²) in [5, 5.41) is 0. The molecule has 0 saturated heterocycles. The van der Waals surface area contributed by atoms with Crippen molar-refractivity contribution in [1.82, 2.24) is 0 Å². The molecule has 0 aliphatic rings. The van der Waals surface area contributed by atoms with E-state index in [0.29, 0.717) is 17.5 Å². The first-order valence-corrected chi connectivity index (χ1v) is 10.9. The van der Waals surface area contributed by atoms with Crippen molar-refractivity contribution < 1.29 is 13.0 Å². The van der Waals surface area contributed by atoms with Gasteiger partial charge in [0.1, 0.15) is 0 Å². The van der Waals surface area contributed by atoms with Gasteiger partial charge in [0, 0.05) is 0 Å². The van der Waals surface area contributed by atoms with Gasteiger partial charge in [-0.3, -0.25) is 4.55 Å². The molecule has 0 atom stereocenters. The lowest BCUT2D eigenvalue weighted by Crippen LogP contribution is -2.06. The summed E-state index contributed by atoms with van der Waals surface area (Å²) < 4.78 is 33.1. The van der Waals surface area contributed by atoms with Crippen LogP contribution in [-0.4, -0.2) is 13.0 Å². The molecule has 4 heteroatoms. The van der Waals surface area contributed by atoms with Crippen molar-refractivity contribution in [3.8, 4) is 0 Å². The van der Waals surface area contributed by atoms with Gasteiger partial charge in [0.15, 0.2) is 0 Å². The first-order valence-electron chi connectivity index (χ1n) is 9.48. The van der Waals surface area contributed by atoms with Crippen molar-refractivity contribution in [3.63, 3.8) is 0 Å². The minimum Gasteiger partial charge on any atom is -0.282 e. The molecule has 0 aliphatic carbocycles. The van der Waals surface area contributed by atoms with Gasteiger partial charge in [0.05, 0.1) is 4.90 Å². The third-order valence-electron chi connectivity index (χ3n) is 4.44. The van der Waals surface area contributed by atoms with Gasteiger partial charge >= 0.3 is 0 Å². The summed E-state index contributed by atoms with van der Waals surface area (Å²) in [6, 6.07) is 3.31. The highest BCUT2D eigenvalue weighted by Crippen LogP contribution is 2.26. The number of hydrogen-bond donors (Lipinski definition) is 1. The molecule has 26 heavy (non-hydrogen) atoms. The second-order valence-corrected chi connectivity index (χ2v) is 7.93. The number of unbranched alkanes of at least 4 members (excludes halogenated alkanes) is 6. The fraction of sp³-hybridized carbons (Fsp3) is 0.455. The van der Waals surface area contributed by atoms with Crippen LogP contribution in [0.2, 0.25) is 0 Å². The van der Waals surface area contributed by atoms with Crippen molar-refractivity contribution in [2.24, 2.45) is 0 Å². The van der Waals surface area contributed by atoms with Crippen LogP contribution in [0.5, 0.6) is 0 Å². The van der Waals surface area contributed by atoms with Crippen molar-refractivity contribution in [2.45, 2.75) is 69.6 Å². The monoisotopic (exact) mass is 376 g/mol. The van der Waals surface area contributed by atoms with E-state index in [4.69, 9.17) is 0 Å². The summed E-state index contributed by atoms with van der Waals surface area (Å²) in [6.07, 6.45) is 17.4. The van der Waals surface area contributed by atoms with E-state index in [0.717, 1.165) is 24.8 Å². The third kappa shape index (κ3) is 7.71. The molecule has 0 spiro atoms. The second kappa shape index (κ2) is 11.9. The molecule has 0 aromatic heterocycles. The Balaban J connectivity index is 2.64. The molecule has 144 valence electrons. The third-order valence-corrected chi connectivity index (χ3v) is 5.36. The van der Waals surface area contributed by atoms with Crippen LogP contribution in [0.3, 0.4) is 0 Å². The lowest BCUT2D eigenvalue weighted by molar-refractivity contribution is 0.482. The molecular formula is C22H32O3S. The number of hydrogen-bond acceptors (Lipinski definition) is 2. The van der Waals surface area contributed by atoms with Gasteiger partial charge in [0.2, 0.25) is 0 Å². The predicted molar refractivity (Wildman–Crippen MR) is 112 cm³/mol. The number of allylic oxidation sites excluding steroid dienone is 2. The highest BCUT2D eigenvalue weighted by molar-refractivity contribution is 7.85. The lowest BCUT2D eigenvalue weighted by atomic mass is 9.99. The Kier molecular flexibility index (Phi) is 10.2. The molecule has 0 heterocycles. The summed E-state index contributed by atoms with van der Waals surface area (Å²) in [6.45, 7) is 9.65. The van der Waals surface area contributed by atoms with Gasteiger partial charge in [-0.25, -0.2) is 0 Å². The Bertz CT molecular complexity index is 715. The fourth-order valence-electron chi connectivity index (χ4n) is 2.98. The maximum absolute atomic E-state index is 11.7. The Hall–Kier alpha value is -1.65. The molecular weight excluding hydrogens is 344 g/mol. The largest absolute Gasteiger partial charge is 0.294 e. The fourth-order valence-corrected chi connectivity index (χ4v) is 3.80. The zero-order valence-corrected chi connectivity index (χ0v) is 16.7. The van der Waals surface area contributed by atoms with Crippen LogP contribution in [0.1, 0.15) is 75.0 Å². The van der Waals surface area contributed by atoms with Crippen LogP contribution in [0.15, 0.2) is 42.3 Å². The minimum absolute atomic E-state index is 0.0373. The molecule has 0 fully saturated rings. The first kappa shape index (κ1) is 22.4. The van der Waals surface area contributed by atoms with E-state index in [1.54, 1.807) is 12.2 Å². The molecule has 0 amide bonds. The zero-order valence-electron chi connectivity index (χ0n) is 15.9. The first-order chi connectivity index (χ1) is 12.4. The molecule has 0 aliphatic heterocycles. The van der Waals surface area contributed by atoms with Gasteiger partial charge < -0.3 is 0 Å². The maximum Gasteiger partial charge on any atom is 0.294 e. The Morgan fingerprint density at radius 3 is 2.19 bits per heavy atom. The van der Waals surface area contributed by atoms with Gasteiger partial charge in [-0.05, 0) is 60.9 Å². The van der Waals surface area contributed by atoms with Crippen LogP contribution >= 0.6 is 0 Å². The van der Waals surface area contributed by atoms with E-state index in [1.165, 1.54) is 38.2 Å². The zero-order chi connectivity index (χ0) is 19.4. The van der Waals surface area contributed by atoms with E-state index >= 15 is 0 Å². The average molecular weight is 377 g/mol. The molecule has 3 nitrogen and oxygen atoms in total. The molecule has 1 aromatic rings. The quantitative estimate of drug-likeness (QED) is 0.244. The van der Waals surface area contributed by atoms with E-state index in [-0.39, 0.29) is 4.90 Å². The lowest BCUT2D eigenvalue weighted by Gasteiger charge is -2.12. The van der Waals surface area contributed by atoms with Gasteiger partial charge in [0.25, 0.3) is 10.1 Å². The highest BCUT2D eigenvalue weighted by Gasteiger charge is 2.18. The van der Waals surface area contributed by atoms with Crippen molar-refractivity contribution in [2.75, 3.05) is 0 Å². The molecule has 1 rings (SSSR count). The number of benzene rings is 1. The topological polar surface area (TPSA) is 54.4 Å².